The molecule has 20 heavy (non-hydrogen) atoms. The molecule has 0 aromatic rings. The number of esters is 1. The van der Waals surface area contributed by atoms with E-state index in [2.05, 4.69) is 0 Å². The number of hydrogen-bond acceptors (Lipinski definition) is 5. The molecule has 0 bridgehead atoms. The minimum Gasteiger partial charge on any atom is -0.481 e. The quantitative estimate of drug-likeness (QED) is 0.395. The van der Waals surface area contributed by atoms with E-state index in [9.17, 15) is 14.7 Å². The Morgan fingerprint density at radius 2 is 1.85 bits per heavy atom. The van der Waals surface area contributed by atoms with Crippen LogP contribution in [0.4, 0.5) is 0 Å². The Hall–Kier alpha value is -1.18. The molecule has 7 heteroatoms. The number of rotatable bonds is 9. The van der Waals surface area contributed by atoms with Crippen molar-refractivity contribution in [3.63, 3.8) is 0 Å². The zero-order valence-electron chi connectivity index (χ0n) is 12.6. The Morgan fingerprint density at radius 3 is 2.25 bits per heavy atom. The normalized spacial score (nSPS) is 16.3. The molecule has 3 N–H and O–H groups in total. The van der Waals surface area contributed by atoms with Crippen LogP contribution in [-0.2, 0) is 14.3 Å². The molecule has 0 aliphatic carbocycles. The molecule has 0 heterocycles. The van der Waals surface area contributed by atoms with Crippen LogP contribution < -0.4 is 0 Å². The topological polar surface area (TPSA) is 104 Å². The number of carbonyl (C=O) groups excluding carboxylic acids is 1. The largest absolute Gasteiger partial charge is 0.481 e. The first-order chi connectivity index (χ1) is 8.95. The third kappa shape index (κ3) is 9.71. The number of likely N-dealkylation sites (N-methyl/N-ethyl adjacent to an activating group) is 1. The molecule has 7 nitrogen and oxygen atoms in total. The standard InChI is InChI=1S/C13H25NO6/c1-13(19,5-6-15)8-12(18)20-10(7-11(16)17)9-14(2,3)4/h10,15,19H,5-9H2,1-4H3/p+1/t10-,13?/m1/s1. The molecular formula is C13H26NO6+. The molecule has 0 amide bonds. The van der Waals surface area contributed by atoms with Gasteiger partial charge in [0.25, 0.3) is 0 Å². The molecule has 1 unspecified atom stereocenters. The second-order valence-electron chi connectivity index (χ2n) is 6.33. The highest BCUT2D eigenvalue weighted by molar-refractivity contribution is 5.72. The van der Waals surface area contributed by atoms with Crippen molar-refractivity contribution in [3.8, 4) is 0 Å². The van der Waals surface area contributed by atoms with Gasteiger partial charge in [-0.05, 0) is 13.3 Å². The van der Waals surface area contributed by atoms with Gasteiger partial charge in [0, 0.05) is 6.61 Å². The lowest BCUT2D eigenvalue weighted by Crippen LogP contribution is -2.44. The van der Waals surface area contributed by atoms with E-state index in [4.69, 9.17) is 14.9 Å². The molecule has 0 aliphatic heterocycles. The second-order valence-corrected chi connectivity index (χ2v) is 6.33. The highest BCUT2D eigenvalue weighted by Gasteiger charge is 2.29. The number of quaternary nitrogens is 1. The highest BCUT2D eigenvalue weighted by Crippen LogP contribution is 2.16. The molecule has 0 rings (SSSR count). The molecule has 0 fully saturated rings. The van der Waals surface area contributed by atoms with Crippen LogP contribution in [0.1, 0.15) is 26.2 Å². The van der Waals surface area contributed by atoms with E-state index in [0.717, 1.165) is 0 Å². The van der Waals surface area contributed by atoms with E-state index >= 15 is 0 Å². The zero-order chi connectivity index (χ0) is 16.0. The lowest BCUT2D eigenvalue weighted by atomic mass is 9.99. The number of carboxylic acids is 1. The lowest BCUT2D eigenvalue weighted by molar-refractivity contribution is -0.873. The lowest BCUT2D eigenvalue weighted by Gasteiger charge is -2.29. The summed E-state index contributed by atoms with van der Waals surface area (Å²) in [5.41, 5.74) is -1.35. The predicted octanol–water partition coefficient (Wildman–Crippen LogP) is -0.397. The molecule has 0 saturated carbocycles. The average molecular weight is 292 g/mol. The molecular weight excluding hydrogens is 266 g/mol. The number of nitrogens with zero attached hydrogens (tertiary/aromatic N) is 1. The van der Waals surface area contributed by atoms with Gasteiger partial charge in [0.2, 0.25) is 0 Å². The van der Waals surface area contributed by atoms with Crippen molar-refractivity contribution in [2.24, 2.45) is 0 Å². The third-order valence-electron chi connectivity index (χ3n) is 2.63. The van der Waals surface area contributed by atoms with Crippen molar-refractivity contribution >= 4 is 11.9 Å². The summed E-state index contributed by atoms with van der Waals surface area (Å²) in [5, 5.41) is 27.4. The van der Waals surface area contributed by atoms with Crippen LogP contribution in [0.15, 0.2) is 0 Å². The van der Waals surface area contributed by atoms with Crippen molar-refractivity contribution in [1.29, 1.82) is 0 Å². The van der Waals surface area contributed by atoms with Crippen molar-refractivity contribution in [2.75, 3.05) is 34.3 Å². The fourth-order valence-corrected chi connectivity index (χ4v) is 1.82. The van der Waals surface area contributed by atoms with Gasteiger partial charge >= 0.3 is 11.9 Å². The summed E-state index contributed by atoms with van der Waals surface area (Å²) in [6.07, 6.45) is -1.24. The maximum Gasteiger partial charge on any atom is 0.309 e. The van der Waals surface area contributed by atoms with Gasteiger partial charge < -0.3 is 24.5 Å². The monoisotopic (exact) mass is 292 g/mol. The summed E-state index contributed by atoms with van der Waals surface area (Å²) in [4.78, 5) is 22.5. The minimum absolute atomic E-state index is 0.0566. The highest BCUT2D eigenvalue weighted by atomic mass is 16.5. The average Bonchev–Trinajstić information content (AvgIpc) is 2.10. The minimum atomic E-state index is -1.35. The van der Waals surface area contributed by atoms with E-state index < -0.39 is 23.6 Å². The van der Waals surface area contributed by atoms with Gasteiger partial charge in [-0.2, -0.15) is 0 Å². The molecule has 118 valence electrons. The third-order valence-corrected chi connectivity index (χ3v) is 2.63. The van der Waals surface area contributed by atoms with Crippen molar-refractivity contribution in [2.45, 2.75) is 37.9 Å². The van der Waals surface area contributed by atoms with Gasteiger partial charge in [-0.15, -0.1) is 0 Å². The maximum atomic E-state index is 11.7. The van der Waals surface area contributed by atoms with Crippen molar-refractivity contribution < 1.29 is 34.1 Å². The Kier molecular flexibility index (Phi) is 7.12. The van der Waals surface area contributed by atoms with Gasteiger partial charge in [-0.25, -0.2) is 0 Å². The summed E-state index contributed by atoms with van der Waals surface area (Å²) in [6, 6.07) is 0. The summed E-state index contributed by atoms with van der Waals surface area (Å²) >= 11 is 0. The number of carbonyl (C=O) groups is 2. The van der Waals surface area contributed by atoms with Crippen molar-refractivity contribution in [1.82, 2.24) is 0 Å². The molecule has 2 atom stereocenters. The maximum absolute atomic E-state index is 11.7. The second kappa shape index (κ2) is 7.56. The van der Waals surface area contributed by atoms with E-state index in [1.165, 1.54) is 6.92 Å². The first-order valence-electron chi connectivity index (χ1n) is 6.50. The van der Waals surface area contributed by atoms with Crippen molar-refractivity contribution in [3.05, 3.63) is 0 Å². The summed E-state index contributed by atoms with van der Waals surface area (Å²) in [5.74, 6) is -1.71. The number of aliphatic hydroxyl groups excluding tert-OH is 1. The number of carboxylic acid groups (broad SMARTS) is 1. The van der Waals surface area contributed by atoms with Crippen LogP contribution in [0.2, 0.25) is 0 Å². The van der Waals surface area contributed by atoms with E-state index in [1.54, 1.807) is 0 Å². The first-order valence-corrected chi connectivity index (χ1v) is 6.50. The summed E-state index contributed by atoms with van der Waals surface area (Å²) in [7, 11) is 5.60. The van der Waals surface area contributed by atoms with Gasteiger partial charge in [0.05, 0.1) is 39.6 Å². The number of ether oxygens (including phenoxy) is 1. The van der Waals surface area contributed by atoms with Crippen LogP contribution in [-0.4, -0.2) is 77.7 Å². The van der Waals surface area contributed by atoms with Gasteiger partial charge in [-0.3, -0.25) is 9.59 Å². The SMILES string of the molecule is CC(O)(CCO)CC(=O)O[C@H](CC(=O)O)C[N+](C)(C)C. The first kappa shape index (κ1) is 18.8. The summed E-state index contributed by atoms with van der Waals surface area (Å²) < 4.78 is 5.60. The molecule has 0 aromatic carbocycles. The van der Waals surface area contributed by atoms with Crippen LogP contribution in [0, 0.1) is 0 Å². The molecule has 0 radical (unpaired) electrons. The Balaban J connectivity index is 4.57. The number of hydrogen-bond donors (Lipinski definition) is 3. The van der Waals surface area contributed by atoms with Crippen LogP contribution in [0.3, 0.4) is 0 Å². The smallest absolute Gasteiger partial charge is 0.309 e. The molecule has 0 aromatic heterocycles. The Labute approximate surface area is 119 Å². The fraction of sp³-hybridized carbons (Fsp3) is 0.846. The molecule has 0 aliphatic rings. The van der Waals surface area contributed by atoms with E-state index in [1.807, 2.05) is 21.1 Å². The van der Waals surface area contributed by atoms with Gasteiger partial charge in [0.15, 0.2) is 6.10 Å². The summed E-state index contributed by atoms with van der Waals surface area (Å²) in [6.45, 7) is 1.55. The fourth-order valence-electron chi connectivity index (χ4n) is 1.82. The van der Waals surface area contributed by atoms with Gasteiger partial charge in [-0.1, -0.05) is 0 Å². The molecule has 0 saturated heterocycles. The molecule has 0 spiro atoms. The number of aliphatic carboxylic acids is 1. The predicted molar refractivity (Wildman–Crippen MR) is 72.0 cm³/mol. The van der Waals surface area contributed by atoms with E-state index in [-0.39, 0.29) is 25.9 Å². The Morgan fingerprint density at radius 1 is 1.30 bits per heavy atom. The van der Waals surface area contributed by atoms with Gasteiger partial charge in [0.1, 0.15) is 6.54 Å². The van der Waals surface area contributed by atoms with Crippen LogP contribution in [0.25, 0.3) is 0 Å². The van der Waals surface area contributed by atoms with Crippen LogP contribution >= 0.6 is 0 Å². The van der Waals surface area contributed by atoms with Crippen LogP contribution in [0.5, 0.6) is 0 Å². The Bertz CT molecular complexity index is 334. The number of aliphatic hydroxyl groups is 2. The van der Waals surface area contributed by atoms with E-state index in [0.29, 0.717) is 11.0 Å². The zero-order valence-corrected chi connectivity index (χ0v) is 12.6.